The zero-order chi connectivity index (χ0) is 12.5. The molecule has 0 aliphatic heterocycles. The van der Waals surface area contributed by atoms with E-state index in [9.17, 15) is 0 Å². The number of hydrogen-bond acceptors (Lipinski definition) is 4. The summed E-state index contributed by atoms with van der Waals surface area (Å²) in [5.41, 5.74) is 6.60. The van der Waals surface area contributed by atoms with Crippen LogP contribution in [0.5, 0.6) is 0 Å². The van der Waals surface area contributed by atoms with Gasteiger partial charge in [-0.3, -0.25) is 4.68 Å². The lowest BCUT2D eigenvalue weighted by Crippen LogP contribution is -2.10. The maximum atomic E-state index is 5.48. The van der Waals surface area contributed by atoms with Crippen LogP contribution in [0.4, 0.5) is 0 Å². The van der Waals surface area contributed by atoms with Crippen molar-refractivity contribution in [2.75, 3.05) is 6.54 Å². The predicted molar refractivity (Wildman–Crippen MR) is 71.1 cm³/mol. The van der Waals surface area contributed by atoms with Gasteiger partial charge in [-0.05, 0) is 17.5 Å². The van der Waals surface area contributed by atoms with Crippen LogP contribution < -0.4 is 5.73 Å². The largest absolute Gasteiger partial charge is 0.329 e. The van der Waals surface area contributed by atoms with E-state index in [0.717, 1.165) is 10.6 Å². The lowest BCUT2D eigenvalue weighted by atomic mass is 9.95. The number of rotatable bonds is 3. The van der Waals surface area contributed by atoms with Crippen LogP contribution in [0.25, 0.3) is 10.6 Å². The quantitative estimate of drug-likeness (QED) is 0.909. The van der Waals surface area contributed by atoms with Crippen molar-refractivity contribution in [1.82, 2.24) is 15.0 Å². The van der Waals surface area contributed by atoms with Crippen LogP contribution in [0.2, 0.25) is 0 Å². The van der Waals surface area contributed by atoms with Crippen molar-refractivity contribution >= 4 is 11.3 Å². The molecule has 0 aromatic carbocycles. The van der Waals surface area contributed by atoms with Crippen molar-refractivity contribution in [2.24, 2.45) is 5.73 Å². The second-order valence-corrected chi connectivity index (χ2v) is 6.15. The van der Waals surface area contributed by atoms with Crippen molar-refractivity contribution in [1.29, 1.82) is 0 Å². The van der Waals surface area contributed by atoms with E-state index in [-0.39, 0.29) is 5.41 Å². The van der Waals surface area contributed by atoms with Crippen LogP contribution in [0, 0.1) is 0 Å². The smallest absolute Gasteiger partial charge is 0.122 e. The molecule has 17 heavy (non-hydrogen) atoms. The van der Waals surface area contributed by atoms with Gasteiger partial charge in [-0.25, -0.2) is 0 Å². The van der Waals surface area contributed by atoms with E-state index in [1.54, 1.807) is 16.0 Å². The van der Waals surface area contributed by atoms with Crippen LogP contribution in [0.15, 0.2) is 18.3 Å². The van der Waals surface area contributed by atoms with Crippen molar-refractivity contribution in [2.45, 2.75) is 32.7 Å². The van der Waals surface area contributed by atoms with E-state index in [1.807, 2.05) is 6.20 Å². The third-order valence-corrected chi connectivity index (χ3v) is 4.03. The molecule has 0 aliphatic carbocycles. The van der Waals surface area contributed by atoms with Gasteiger partial charge in [0.2, 0.25) is 0 Å². The molecule has 4 nitrogen and oxygen atoms in total. The van der Waals surface area contributed by atoms with Crippen molar-refractivity contribution in [3.8, 4) is 10.6 Å². The molecular formula is C12H18N4S. The van der Waals surface area contributed by atoms with Gasteiger partial charge in [0, 0.05) is 11.4 Å². The van der Waals surface area contributed by atoms with E-state index in [0.29, 0.717) is 13.1 Å². The average molecular weight is 250 g/mol. The Kier molecular flexibility index (Phi) is 3.31. The van der Waals surface area contributed by atoms with Crippen molar-refractivity contribution in [3.63, 3.8) is 0 Å². The van der Waals surface area contributed by atoms with Crippen molar-refractivity contribution < 1.29 is 0 Å². The Morgan fingerprint density at radius 1 is 1.35 bits per heavy atom. The Labute approximate surface area is 105 Å². The van der Waals surface area contributed by atoms with Gasteiger partial charge in [0.1, 0.15) is 5.69 Å². The summed E-state index contributed by atoms with van der Waals surface area (Å²) < 4.78 is 1.78. The summed E-state index contributed by atoms with van der Waals surface area (Å²) in [7, 11) is 0. The topological polar surface area (TPSA) is 56.7 Å². The number of nitrogens with zero attached hydrogens (tertiary/aromatic N) is 3. The predicted octanol–water partition coefficient (Wildman–Crippen LogP) is 2.26. The molecule has 0 fully saturated rings. The van der Waals surface area contributed by atoms with Crippen LogP contribution in [0.3, 0.4) is 0 Å². The first-order valence-electron chi connectivity index (χ1n) is 5.71. The van der Waals surface area contributed by atoms with Gasteiger partial charge in [-0.1, -0.05) is 26.0 Å². The van der Waals surface area contributed by atoms with E-state index in [2.05, 4.69) is 43.2 Å². The number of aromatic nitrogens is 3. The van der Waals surface area contributed by atoms with E-state index in [1.165, 1.54) is 4.88 Å². The summed E-state index contributed by atoms with van der Waals surface area (Å²) in [4.78, 5) is 2.53. The molecule has 0 aliphatic rings. The maximum Gasteiger partial charge on any atom is 0.122 e. The summed E-state index contributed by atoms with van der Waals surface area (Å²) in [5, 5.41) is 8.22. The highest BCUT2D eigenvalue weighted by atomic mass is 32.1. The SMILES string of the molecule is CC(C)(C)c1ccc(-c2cn(CCN)nn2)s1. The summed E-state index contributed by atoms with van der Waals surface area (Å²) in [6.45, 7) is 7.95. The molecule has 5 heteroatoms. The van der Waals surface area contributed by atoms with Gasteiger partial charge in [0.05, 0.1) is 17.6 Å². The lowest BCUT2D eigenvalue weighted by molar-refractivity contribution is 0.598. The van der Waals surface area contributed by atoms with Gasteiger partial charge in [0.25, 0.3) is 0 Å². The fourth-order valence-electron chi connectivity index (χ4n) is 1.53. The standard InChI is InChI=1S/C12H18N4S/c1-12(2,3)11-5-4-10(17-11)9-8-16(7-6-13)15-14-9/h4-5,8H,6-7,13H2,1-3H3. The summed E-state index contributed by atoms with van der Waals surface area (Å²) in [6, 6.07) is 4.28. The van der Waals surface area contributed by atoms with Gasteiger partial charge in [-0.15, -0.1) is 16.4 Å². The minimum atomic E-state index is 0.191. The van der Waals surface area contributed by atoms with Crippen molar-refractivity contribution in [3.05, 3.63) is 23.2 Å². The Bertz CT molecular complexity index is 493. The number of nitrogens with two attached hydrogens (primary N) is 1. The Morgan fingerprint density at radius 3 is 2.71 bits per heavy atom. The minimum Gasteiger partial charge on any atom is -0.329 e. The normalized spacial score (nSPS) is 12.0. The first-order valence-corrected chi connectivity index (χ1v) is 6.53. The van der Waals surface area contributed by atoms with Crippen LogP contribution in [-0.4, -0.2) is 21.5 Å². The van der Waals surface area contributed by atoms with Crippen LogP contribution >= 0.6 is 11.3 Å². The highest BCUT2D eigenvalue weighted by molar-refractivity contribution is 7.15. The maximum absolute atomic E-state index is 5.48. The first-order chi connectivity index (χ1) is 8.00. The third kappa shape index (κ3) is 2.73. The number of hydrogen-bond donors (Lipinski definition) is 1. The molecule has 2 rings (SSSR count). The molecular weight excluding hydrogens is 232 g/mol. The average Bonchev–Trinajstić information content (AvgIpc) is 2.82. The van der Waals surface area contributed by atoms with Gasteiger partial charge < -0.3 is 5.73 Å². The van der Waals surface area contributed by atoms with Crippen LogP contribution in [-0.2, 0) is 12.0 Å². The fraction of sp³-hybridized carbons (Fsp3) is 0.500. The van der Waals surface area contributed by atoms with Gasteiger partial charge >= 0.3 is 0 Å². The van der Waals surface area contributed by atoms with Crippen LogP contribution in [0.1, 0.15) is 25.6 Å². The molecule has 2 aromatic heterocycles. The molecule has 2 N–H and O–H groups in total. The fourth-order valence-corrected chi connectivity index (χ4v) is 2.54. The summed E-state index contributed by atoms with van der Waals surface area (Å²) in [5.74, 6) is 0. The molecule has 2 aromatic rings. The Hall–Kier alpha value is -1.20. The molecule has 0 bridgehead atoms. The third-order valence-electron chi connectivity index (χ3n) is 2.49. The number of thiophene rings is 1. The molecule has 2 heterocycles. The lowest BCUT2D eigenvalue weighted by Gasteiger charge is -2.15. The monoisotopic (exact) mass is 250 g/mol. The molecule has 0 unspecified atom stereocenters. The molecule has 92 valence electrons. The Balaban J connectivity index is 2.24. The van der Waals surface area contributed by atoms with Gasteiger partial charge in [0.15, 0.2) is 0 Å². The van der Waals surface area contributed by atoms with E-state index in [4.69, 9.17) is 5.73 Å². The van der Waals surface area contributed by atoms with E-state index >= 15 is 0 Å². The highest BCUT2D eigenvalue weighted by Gasteiger charge is 2.17. The zero-order valence-corrected chi connectivity index (χ0v) is 11.3. The van der Waals surface area contributed by atoms with E-state index < -0.39 is 0 Å². The summed E-state index contributed by atoms with van der Waals surface area (Å²) in [6.07, 6.45) is 1.95. The molecule has 0 saturated carbocycles. The highest BCUT2D eigenvalue weighted by Crippen LogP contribution is 2.33. The molecule has 0 amide bonds. The minimum absolute atomic E-state index is 0.191. The second-order valence-electron chi connectivity index (χ2n) is 5.07. The summed E-state index contributed by atoms with van der Waals surface area (Å²) >= 11 is 1.78. The molecule has 0 saturated heterocycles. The molecule has 0 spiro atoms. The zero-order valence-electron chi connectivity index (χ0n) is 10.5. The first kappa shape index (κ1) is 12.3. The Morgan fingerprint density at radius 2 is 2.12 bits per heavy atom. The molecule has 0 atom stereocenters. The van der Waals surface area contributed by atoms with Gasteiger partial charge in [-0.2, -0.15) is 0 Å². The molecule has 0 radical (unpaired) electrons. The second kappa shape index (κ2) is 4.58.